The molecular weight excluding hydrogens is 224 g/mol. The largest absolute Gasteiger partial charge is 0.345 e. The number of likely N-dealkylation sites (N-methyl/N-ethyl adjacent to an activating group) is 1. The molecule has 0 aromatic carbocycles. The van der Waals surface area contributed by atoms with Crippen molar-refractivity contribution < 1.29 is 4.79 Å². The van der Waals surface area contributed by atoms with Crippen molar-refractivity contribution in [2.24, 2.45) is 5.41 Å². The maximum atomic E-state index is 11.4. The molecule has 0 aliphatic carbocycles. The Bertz CT molecular complexity index is 291. The van der Waals surface area contributed by atoms with Gasteiger partial charge in [0.25, 0.3) is 0 Å². The van der Waals surface area contributed by atoms with Gasteiger partial charge in [-0.05, 0) is 25.7 Å². The monoisotopic (exact) mass is 254 g/mol. The summed E-state index contributed by atoms with van der Waals surface area (Å²) >= 11 is 0. The Hall–Kier alpha value is -0.830. The first kappa shape index (κ1) is 17.2. The van der Waals surface area contributed by atoms with Gasteiger partial charge in [-0.3, -0.25) is 4.79 Å². The smallest absolute Gasteiger partial charge is 0.245 e. The molecule has 106 valence electrons. The van der Waals surface area contributed by atoms with Crippen molar-refractivity contribution in [2.45, 2.75) is 53.0 Å². The molecule has 0 aromatic heterocycles. The van der Waals surface area contributed by atoms with Gasteiger partial charge in [0.1, 0.15) is 0 Å². The minimum atomic E-state index is 0.0300. The zero-order chi connectivity index (χ0) is 14.4. The minimum Gasteiger partial charge on any atom is -0.345 e. The topological polar surface area (TPSA) is 32.3 Å². The zero-order valence-electron chi connectivity index (χ0n) is 13.1. The molecule has 0 fully saturated rings. The van der Waals surface area contributed by atoms with Crippen LogP contribution in [0.3, 0.4) is 0 Å². The normalized spacial score (nSPS) is 13.1. The van der Waals surface area contributed by atoms with Crippen LogP contribution >= 0.6 is 0 Å². The van der Waals surface area contributed by atoms with Gasteiger partial charge in [-0.1, -0.05) is 33.3 Å². The van der Waals surface area contributed by atoms with E-state index in [-0.39, 0.29) is 16.9 Å². The Balaban J connectivity index is 4.32. The Morgan fingerprint density at radius 1 is 1.22 bits per heavy atom. The molecule has 0 aromatic rings. The van der Waals surface area contributed by atoms with E-state index in [9.17, 15) is 4.79 Å². The molecule has 0 spiro atoms. The van der Waals surface area contributed by atoms with Gasteiger partial charge in [-0.25, -0.2) is 0 Å². The molecule has 0 rings (SSSR count). The van der Waals surface area contributed by atoms with Gasteiger partial charge in [0.15, 0.2) is 0 Å². The van der Waals surface area contributed by atoms with Gasteiger partial charge in [0.05, 0.1) is 0 Å². The van der Waals surface area contributed by atoms with E-state index in [2.05, 4.69) is 39.9 Å². The fourth-order valence-electron chi connectivity index (χ4n) is 1.80. The molecule has 1 amide bonds. The molecule has 0 bridgehead atoms. The lowest BCUT2D eigenvalue weighted by atomic mass is 9.71. The summed E-state index contributed by atoms with van der Waals surface area (Å²) in [6, 6.07) is 0. The maximum Gasteiger partial charge on any atom is 0.245 e. The molecule has 0 saturated heterocycles. The van der Waals surface area contributed by atoms with Crippen molar-refractivity contribution in [1.82, 2.24) is 10.2 Å². The van der Waals surface area contributed by atoms with E-state index in [1.807, 2.05) is 6.08 Å². The standard InChI is InChI=1S/C15H30N2O/c1-8-11-14(2,3)15(4,5)16-12-9-10-13(18)17(6)7/h9-10,16H,8,11-12H2,1-7H3/b10-9+. The van der Waals surface area contributed by atoms with E-state index in [1.54, 1.807) is 25.1 Å². The fourth-order valence-corrected chi connectivity index (χ4v) is 1.80. The van der Waals surface area contributed by atoms with E-state index in [4.69, 9.17) is 0 Å². The SMILES string of the molecule is CCCC(C)(C)C(C)(C)NC/C=C/C(=O)N(C)C. The molecule has 3 heteroatoms. The van der Waals surface area contributed by atoms with Crippen LogP contribution in [0.4, 0.5) is 0 Å². The van der Waals surface area contributed by atoms with Crippen LogP contribution in [0, 0.1) is 5.41 Å². The molecule has 18 heavy (non-hydrogen) atoms. The van der Waals surface area contributed by atoms with Crippen molar-refractivity contribution in [3.8, 4) is 0 Å². The zero-order valence-corrected chi connectivity index (χ0v) is 13.1. The summed E-state index contributed by atoms with van der Waals surface area (Å²) < 4.78 is 0. The van der Waals surface area contributed by atoms with Gasteiger partial charge >= 0.3 is 0 Å². The van der Waals surface area contributed by atoms with Crippen molar-refractivity contribution >= 4 is 5.91 Å². The molecule has 3 nitrogen and oxygen atoms in total. The number of nitrogens with one attached hydrogen (secondary N) is 1. The van der Waals surface area contributed by atoms with Crippen molar-refractivity contribution in [1.29, 1.82) is 0 Å². The third-order valence-corrected chi connectivity index (χ3v) is 3.93. The molecule has 0 saturated carbocycles. The molecule has 0 unspecified atom stereocenters. The Kier molecular flexibility index (Phi) is 6.61. The lowest BCUT2D eigenvalue weighted by Crippen LogP contribution is -2.51. The van der Waals surface area contributed by atoms with Crippen molar-refractivity contribution in [3.05, 3.63) is 12.2 Å². The summed E-state index contributed by atoms with van der Waals surface area (Å²) in [6.45, 7) is 12.0. The van der Waals surface area contributed by atoms with Crippen LogP contribution in [0.25, 0.3) is 0 Å². The maximum absolute atomic E-state index is 11.4. The van der Waals surface area contributed by atoms with Crippen LogP contribution in [-0.4, -0.2) is 37.0 Å². The second kappa shape index (κ2) is 6.93. The summed E-state index contributed by atoms with van der Waals surface area (Å²) in [5.74, 6) is 0.0300. The number of amides is 1. The Morgan fingerprint density at radius 2 is 1.78 bits per heavy atom. The van der Waals surface area contributed by atoms with Crippen LogP contribution < -0.4 is 5.32 Å². The molecule has 0 aliphatic heterocycles. The quantitative estimate of drug-likeness (QED) is 0.709. The number of hydrogen-bond acceptors (Lipinski definition) is 2. The fraction of sp³-hybridized carbons (Fsp3) is 0.800. The third-order valence-electron chi connectivity index (χ3n) is 3.93. The van der Waals surface area contributed by atoms with Crippen LogP contribution in [0.5, 0.6) is 0 Å². The average Bonchev–Trinajstić information content (AvgIpc) is 2.23. The van der Waals surface area contributed by atoms with E-state index in [0.717, 1.165) is 6.54 Å². The van der Waals surface area contributed by atoms with Crippen molar-refractivity contribution in [2.75, 3.05) is 20.6 Å². The average molecular weight is 254 g/mol. The van der Waals surface area contributed by atoms with Gasteiger partial charge in [-0.15, -0.1) is 0 Å². The molecule has 0 radical (unpaired) electrons. The molecule has 0 aliphatic rings. The predicted molar refractivity (Wildman–Crippen MR) is 78.6 cm³/mol. The highest BCUT2D eigenvalue weighted by molar-refractivity contribution is 5.87. The van der Waals surface area contributed by atoms with Gasteiger partial charge in [0, 0.05) is 32.3 Å². The van der Waals surface area contributed by atoms with Gasteiger partial charge in [0.2, 0.25) is 5.91 Å². The Labute approximate surface area is 113 Å². The van der Waals surface area contributed by atoms with Gasteiger partial charge in [-0.2, -0.15) is 0 Å². The summed E-state index contributed by atoms with van der Waals surface area (Å²) in [7, 11) is 3.52. The number of rotatable bonds is 7. The first-order chi connectivity index (χ1) is 8.14. The van der Waals surface area contributed by atoms with E-state index < -0.39 is 0 Å². The summed E-state index contributed by atoms with van der Waals surface area (Å²) in [6.07, 6.45) is 5.89. The molecule has 1 N–H and O–H groups in total. The second-order valence-electron chi connectivity index (χ2n) is 6.27. The molecular formula is C15H30N2O. The highest BCUT2D eigenvalue weighted by atomic mass is 16.2. The van der Waals surface area contributed by atoms with Crippen LogP contribution in [0.1, 0.15) is 47.5 Å². The van der Waals surface area contributed by atoms with E-state index >= 15 is 0 Å². The van der Waals surface area contributed by atoms with E-state index in [1.165, 1.54) is 12.8 Å². The lowest BCUT2D eigenvalue weighted by molar-refractivity contribution is -0.123. The first-order valence-corrected chi connectivity index (χ1v) is 6.77. The highest BCUT2D eigenvalue weighted by Crippen LogP contribution is 2.34. The second-order valence-corrected chi connectivity index (χ2v) is 6.27. The van der Waals surface area contributed by atoms with E-state index in [0.29, 0.717) is 0 Å². The summed E-state index contributed by atoms with van der Waals surface area (Å²) in [5, 5.41) is 3.52. The van der Waals surface area contributed by atoms with Crippen LogP contribution in [-0.2, 0) is 4.79 Å². The summed E-state index contributed by atoms with van der Waals surface area (Å²) in [5.41, 5.74) is 0.287. The minimum absolute atomic E-state index is 0.0300. The number of hydrogen-bond donors (Lipinski definition) is 1. The number of carbonyl (C=O) groups excluding carboxylic acids is 1. The third kappa shape index (κ3) is 5.21. The highest BCUT2D eigenvalue weighted by Gasteiger charge is 2.35. The number of carbonyl (C=O) groups is 1. The van der Waals surface area contributed by atoms with Gasteiger partial charge < -0.3 is 10.2 Å². The van der Waals surface area contributed by atoms with Crippen molar-refractivity contribution in [3.63, 3.8) is 0 Å². The Morgan fingerprint density at radius 3 is 2.22 bits per heavy atom. The molecule has 0 atom stereocenters. The molecule has 0 heterocycles. The number of nitrogens with zero attached hydrogens (tertiary/aromatic N) is 1. The summed E-state index contributed by atoms with van der Waals surface area (Å²) in [4.78, 5) is 13.0. The van der Waals surface area contributed by atoms with Crippen LogP contribution in [0.15, 0.2) is 12.2 Å². The first-order valence-electron chi connectivity index (χ1n) is 6.77. The lowest BCUT2D eigenvalue weighted by Gasteiger charge is -2.42. The van der Waals surface area contributed by atoms with Crippen LogP contribution in [0.2, 0.25) is 0 Å². The predicted octanol–water partition coefficient (Wildman–Crippen LogP) is 2.83.